The number of piperidine rings is 1. The minimum absolute atomic E-state index is 0.0249. The van der Waals surface area contributed by atoms with E-state index in [0.717, 1.165) is 38.9 Å². The van der Waals surface area contributed by atoms with Crippen molar-refractivity contribution < 1.29 is 9.72 Å². The fourth-order valence-corrected chi connectivity index (χ4v) is 3.71. The molecule has 2 aromatic rings. The Balaban J connectivity index is 1.39. The average Bonchev–Trinajstić information content (AvgIpc) is 2.72. The molecule has 0 aliphatic carbocycles. The molecule has 142 valence electrons. The van der Waals surface area contributed by atoms with E-state index in [2.05, 4.69) is 29.2 Å². The number of benzene rings is 2. The summed E-state index contributed by atoms with van der Waals surface area (Å²) >= 11 is 0. The number of carbonyl (C=O) groups excluding carboxylic acids is 1. The zero-order valence-corrected chi connectivity index (χ0v) is 15.5. The van der Waals surface area contributed by atoms with Crippen LogP contribution in [0.3, 0.4) is 0 Å². The highest BCUT2D eigenvalue weighted by Gasteiger charge is 2.25. The largest absolute Gasteiger partial charge is 0.303 e. The molecule has 0 amide bonds. The van der Waals surface area contributed by atoms with Crippen molar-refractivity contribution in [2.75, 3.05) is 19.6 Å². The smallest absolute Gasteiger partial charge is 0.269 e. The Morgan fingerprint density at radius 1 is 1.00 bits per heavy atom. The van der Waals surface area contributed by atoms with Crippen molar-refractivity contribution in [1.29, 1.82) is 0 Å². The average molecular weight is 366 g/mol. The summed E-state index contributed by atoms with van der Waals surface area (Å²) in [4.78, 5) is 25.3. The number of rotatable bonds is 8. The first-order chi connectivity index (χ1) is 13.1. The molecule has 0 bridgehead atoms. The Bertz CT molecular complexity index is 751. The monoisotopic (exact) mass is 366 g/mol. The van der Waals surface area contributed by atoms with Crippen LogP contribution >= 0.6 is 0 Å². The first-order valence-corrected chi connectivity index (χ1v) is 9.68. The van der Waals surface area contributed by atoms with E-state index >= 15 is 0 Å². The number of non-ortho nitro benzene ring substituents is 1. The van der Waals surface area contributed by atoms with Gasteiger partial charge in [0.25, 0.3) is 5.69 Å². The molecular weight excluding hydrogens is 340 g/mol. The van der Waals surface area contributed by atoms with Gasteiger partial charge in [0, 0.05) is 23.6 Å². The molecule has 3 rings (SSSR count). The highest BCUT2D eigenvalue weighted by molar-refractivity contribution is 5.98. The maximum atomic E-state index is 12.6. The van der Waals surface area contributed by atoms with Crippen molar-refractivity contribution in [3.05, 3.63) is 75.8 Å². The quantitative estimate of drug-likeness (QED) is 0.298. The summed E-state index contributed by atoms with van der Waals surface area (Å²) in [5.74, 6) is 0.153. The molecule has 0 unspecified atom stereocenters. The van der Waals surface area contributed by atoms with E-state index < -0.39 is 4.92 Å². The van der Waals surface area contributed by atoms with Crippen molar-refractivity contribution in [1.82, 2.24) is 4.90 Å². The SMILES string of the molecule is O=C(c1ccc([N+](=O)[O-])cc1)C1CCN(CCCCc2ccccc2)CC1. The van der Waals surface area contributed by atoms with E-state index in [1.54, 1.807) is 12.1 Å². The zero-order valence-electron chi connectivity index (χ0n) is 15.5. The van der Waals surface area contributed by atoms with Gasteiger partial charge in [-0.05, 0) is 69.4 Å². The van der Waals surface area contributed by atoms with Crippen molar-refractivity contribution in [3.63, 3.8) is 0 Å². The maximum Gasteiger partial charge on any atom is 0.269 e. The van der Waals surface area contributed by atoms with Gasteiger partial charge in [0.05, 0.1) is 4.92 Å². The molecule has 0 aromatic heterocycles. The number of unbranched alkanes of at least 4 members (excludes halogenated alkanes) is 1. The lowest BCUT2D eigenvalue weighted by molar-refractivity contribution is -0.384. The van der Waals surface area contributed by atoms with Gasteiger partial charge in [-0.3, -0.25) is 14.9 Å². The van der Waals surface area contributed by atoms with Crippen LogP contribution in [0.1, 0.15) is 41.6 Å². The van der Waals surface area contributed by atoms with Crippen LogP contribution in [0.5, 0.6) is 0 Å². The molecule has 27 heavy (non-hydrogen) atoms. The second-order valence-corrected chi connectivity index (χ2v) is 7.23. The molecule has 0 atom stereocenters. The molecule has 5 nitrogen and oxygen atoms in total. The Kier molecular flexibility index (Phi) is 6.71. The third-order valence-electron chi connectivity index (χ3n) is 5.35. The lowest BCUT2D eigenvalue weighted by Gasteiger charge is -2.31. The second kappa shape index (κ2) is 9.42. The summed E-state index contributed by atoms with van der Waals surface area (Å²) in [6.07, 6.45) is 5.22. The number of hydrogen-bond acceptors (Lipinski definition) is 4. The predicted molar refractivity (Wildman–Crippen MR) is 106 cm³/mol. The van der Waals surface area contributed by atoms with Gasteiger partial charge in [-0.2, -0.15) is 0 Å². The highest BCUT2D eigenvalue weighted by atomic mass is 16.6. The van der Waals surface area contributed by atoms with Crippen molar-refractivity contribution in [2.45, 2.75) is 32.1 Å². The van der Waals surface area contributed by atoms with Gasteiger partial charge in [-0.25, -0.2) is 0 Å². The Morgan fingerprint density at radius 2 is 1.67 bits per heavy atom. The van der Waals surface area contributed by atoms with E-state index in [4.69, 9.17) is 0 Å². The Labute approximate surface area is 160 Å². The molecule has 2 aromatic carbocycles. The minimum atomic E-state index is -0.440. The van der Waals surface area contributed by atoms with Crippen LogP contribution in [0.15, 0.2) is 54.6 Å². The topological polar surface area (TPSA) is 63.4 Å². The van der Waals surface area contributed by atoms with Crippen LogP contribution in [-0.2, 0) is 6.42 Å². The van der Waals surface area contributed by atoms with Gasteiger partial charge in [-0.1, -0.05) is 30.3 Å². The molecule has 0 spiro atoms. The summed E-state index contributed by atoms with van der Waals surface area (Å²) in [6, 6.07) is 16.6. The van der Waals surface area contributed by atoms with E-state index in [1.165, 1.54) is 30.5 Å². The second-order valence-electron chi connectivity index (χ2n) is 7.23. The van der Waals surface area contributed by atoms with Crippen LogP contribution in [0.25, 0.3) is 0 Å². The molecule has 1 saturated heterocycles. The highest BCUT2D eigenvalue weighted by Crippen LogP contribution is 2.23. The van der Waals surface area contributed by atoms with Crippen molar-refractivity contribution in [2.24, 2.45) is 5.92 Å². The summed E-state index contributed by atoms with van der Waals surface area (Å²) in [5, 5.41) is 10.7. The number of carbonyl (C=O) groups is 1. The van der Waals surface area contributed by atoms with Crippen LogP contribution in [-0.4, -0.2) is 35.2 Å². The number of hydrogen-bond donors (Lipinski definition) is 0. The summed E-state index contributed by atoms with van der Waals surface area (Å²) in [7, 11) is 0. The van der Waals surface area contributed by atoms with E-state index in [-0.39, 0.29) is 17.4 Å². The summed E-state index contributed by atoms with van der Waals surface area (Å²) in [5.41, 5.74) is 2.00. The first kappa shape index (κ1) is 19.2. The van der Waals surface area contributed by atoms with E-state index in [1.807, 2.05) is 6.07 Å². The fourth-order valence-electron chi connectivity index (χ4n) is 3.71. The van der Waals surface area contributed by atoms with Crippen molar-refractivity contribution in [3.8, 4) is 0 Å². The Hall–Kier alpha value is -2.53. The molecule has 0 radical (unpaired) electrons. The number of ketones is 1. The lowest BCUT2D eigenvalue weighted by atomic mass is 9.88. The predicted octanol–water partition coefficient (Wildman–Crippen LogP) is 4.51. The van der Waals surface area contributed by atoms with Crippen LogP contribution in [0, 0.1) is 16.0 Å². The van der Waals surface area contributed by atoms with E-state index in [9.17, 15) is 14.9 Å². The van der Waals surface area contributed by atoms with Gasteiger partial charge in [-0.15, -0.1) is 0 Å². The van der Waals surface area contributed by atoms with Crippen LogP contribution < -0.4 is 0 Å². The Morgan fingerprint density at radius 3 is 2.30 bits per heavy atom. The number of aryl methyl sites for hydroxylation is 1. The van der Waals surface area contributed by atoms with Gasteiger partial charge in [0.2, 0.25) is 0 Å². The molecule has 5 heteroatoms. The standard InChI is InChI=1S/C22H26N2O3/c25-22(19-9-11-21(12-10-19)24(26)27)20-13-16-23(17-14-20)15-5-4-8-18-6-2-1-3-7-18/h1-3,6-7,9-12,20H,4-5,8,13-17H2. The molecule has 1 aliphatic heterocycles. The molecule has 1 heterocycles. The number of likely N-dealkylation sites (tertiary alicyclic amines) is 1. The zero-order chi connectivity index (χ0) is 19.1. The molecular formula is C22H26N2O3. The summed E-state index contributed by atoms with van der Waals surface area (Å²) < 4.78 is 0. The van der Waals surface area contributed by atoms with E-state index in [0.29, 0.717) is 5.56 Å². The molecule has 0 N–H and O–H groups in total. The van der Waals surface area contributed by atoms with Gasteiger partial charge in [0.15, 0.2) is 5.78 Å². The third-order valence-corrected chi connectivity index (χ3v) is 5.35. The normalized spacial score (nSPS) is 15.6. The minimum Gasteiger partial charge on any atom is -0.303 e. The molecule has 0 saturated carbocycles. The molecule has 1 aliphatic rings. The fraction of sp³-hybridized carbons (Fsp3) is 0.409. The number of nitro benzene ring substituents is 1. The van der Waals surface area contributed by atoms with Gasteiger partial charge >= 0.3 is 0 Å². The first-order valence-electron chi connectivity index (χ1n) is 9.68. The van der Waals surface area contributed by atoms with Crippen LogP contribution in [0.2, 0.25) is 0 Å². The lowest BCUT2D eigenvalue weighted by Crippen LogP contribution is -2.37. The maximum absolute atomic E-state index is 12.6. The number of Topliss-reactive ketones (excluding diaryl/α,β-unsaturated/α-hetero) is 1. The number of nitro groups is 1. The van der Waals surface area contributed by atoms with Crippen LogP contribution in [0.4, 0.5) is 5.69 Å². The van der Waals surface area contributed by atoms with Gasteiger partial charge < -0.3 is 4.90 Å². The van der Waals surface area contributed by atoms with Gasteiger partial charge in [0.1, 0.15) is 0 Å². The van der Waals surface area contributed by atoms with Crippen molar-refractivity contribution >= 4 is 11.5 Å². The third kappa shape index (κ3) is 5.47. The summed E-state index contributed by atoms with van der Waals surface area (Å²) in [6.45, 7) is 2.99. The number of nitrogens with zero attached hydrogens (tertiary/aromatic N) is 2. The molecule has 1 fully saturated rings.